The van der Waals surface area contributed by atoms with Crippen LogP contribution in [0, 0.1) is 11.6 Å². The Morgan fingerprint density at radius 1 is 1.06 bits per heavy atom. The highest BCUT2D eigenvalue weighted by molar-refractivity contribution is 7.89. The molecule has 11 heteroatoms. The summed E-state index contributed by atoms with van der Waals surface area (Å²) in [6.45, 7) is -0.00243. The number of carbonyl (C=O) groups excluding carboxylic acids is 2. The van der Waals surface area contributed by atoms with Gasteiger partial charge in [-0.3, -0.25) is 9.59 Å². The van der Waals surface area contributed by atoms with Gasteiger partial charge in [0.2, 0.25) is 10.0 Å². The number of hydrogen-bond donors (Lipinski definition) is 2. The minimum atomic E-state index is -4.44. The standard InChI is InChI=1S/C20H21F2N3O5S/c21-15-7-8-16(22)17(11-15)31(28,29)25-9-4-10-30-18(25)13-24-20(27)19(26)23-12-14-5-2-1-3-6-14/h1-3,5-8,11,18H,4,9-10,12-13H2,(H,23,26)(H,24,27)/t18-/m0/s1. The molecule has 2 amide bonds. The molecule has 0 spiro atoms. The van der Waals surface area contributed by atoms with E-state index in [4.69, 9.17) is 4.74 Å². The highest BCUT2D eigenvalue weighted by atomic mass is 32.2. The van der Waals surface area contributed by atoms with Gasteiger partial charge in [-0.1, -0.05) is 30.3 Å². The SMILES string of the molecule is O=C(NCc1ccccc1)C(=O)NC[C@@H]1OCCCN1S(=O)(=O)c1cc(F)ccc1F. The molecule has 166 valence electrons. The van der Waals surface area contributed by atoms with Crippen molar-refractivity contribution in [1.82, 2.24) is 14.9 Å². The number of amides is 2. The van der Waals surface area contributed by atoms with Gasteiger partial charge >= 0.3 is 11.8 Å². The zero-order valence-electron chi connectivity index (χ0n) is 16.4. The van der Waals surface area contributed by atoms with Crippen LogP contribution in [0.2, 0.25) is 0 Å². The maximum atomic E-state index is 14.1. The summed E-state index contributed by atoms with van der Waals surface area (Å²) in [5.74, 6) is -3.88. The Balaban J connectivity index is 1.63. The van der Waals surface area contributed by atoms with E-state index in [-0.39, 0.29) is 26.2 Å². The van der Waals surface area contributed by atoms with Gasteiger partial charge in [0.05, 0.1) is 13.2 Å². The van der Waals surface area contributed by atoms with Crippen molar-refractivity contribution in [3.05, 3.63) is 65.7 Å². The van der Waals surface area contributed by atoms with Gasteiger partial charge < -0.3 is 15.4 Å². The average molecular weight is 453 g/mol. The number of hydrogen-bond acceptors (Lipinski definition) is 5. The molecule has 1 atom stereocenters. The fourth-order valence-corrected chi connectivity index (χ4v) is 4.67. The van der Waals surface area contributed by atoms with E-state index in [9.17, 15) is 26.8 Å². The Bertz CT molecular complexity index is 1050. The molecule has 1 aliphatic heterocycles. The summed E-state index contributed by atoms with van der Waals surface area (Å²) in [5.41, 5.74) is 0.800. The molecule has 0 saturated carbocycles. The van der Waals surface area contributed by atoms with Gasteiger partial charge in [0, 0.05) is 13.1 Å². The number of nitrogens with one attached hydrogen (secondary N) is 2. The van der Waals surface area contributed by atoms with Crippen LogP contribution < -0.4 is 10.6 Å². The predicted octanol–water partition coefficient (Wildman–Crippen LogP) is 1.13. The van der Waals surface area contributed by atoms with Crippen molar-refractivity contribution in [2.45, 2.75) is 24.1 Å². The van der Waals surface area contributed by atoms with Gasteiger partial charge in [0.25, 0.3) is 0 Å². The Hall–Kier alpha value is -2.89. The molecular formula is C20H21F2N3O5S. The molecule has 0 bridgehead atoms. The smallest absolute Gasteiger partial charge is 0.309 e. The lowest BCUT2D eigenvalue weighted by molar-refractivity contribution is -0.140. The monoisotopic (exact) mass is 453 g/mol. The zero-order chi connectivity index (χ0) is 22.4. The molecule has 2 aromatic rings. The summed E-state index contributed by atoms with van der Waals surface area (Å²) < 4.78 is 59.5. The molecular weight excluding hydrogens is 432 g/mol. The van der Waals surface area contributed by atoms with E-state index in [2.05, 4.69) is 10.6 Å². The van der Waals surface area contributed by atoms with Gasteiger partial charge in [0.1, 0.15) is 22.8 Å². The van der Waals surface area contributed by atoms with Crippen molar-refractivity contribution in [2.24, 2.45) is 0 Å². The summed E-state index contributed by atoms with van der Waals surface area (Å²) in [6.07, 6.45) is -0.842. The second-order valence-electron chi connectivity index (χ2n) is 6.75. The summed E-state index contributed by atoms with van der Waals surface area (Å²) in [4.78, 5) is 23.2. The number of benzene rings is 2. The Labute approximate surface area is 178 Å². The zero-order valence-corrected chi connectivity index (χ0v) is 17.2. The number of halogens is 2. The number of ether oxygens (including phenoxy) is 1. The minimum absolute atomic E-state index is 0.0149. The van der Waals surface area contributed by atoms with Crippen molar-refractivity contribution >= 4 is 21.8 Å². The van der Waals surface area contributed by atoms with Crippen LogP contribution in [0.5, 0.6) is 0 Å². The van der Waals surface area contributed by atoms with E-state index in [1.54, 1.807) is 24.3 Å². The number of carbonyl (C=O) groups is 2. The van der Waals surface area contributed by atoms with E-state index in [1.807, 2.05) is 6.07 Å². The first-order valence-corrected chi connectivity index (χ1v) is 10.9. The van der Waals surface area contributed by atoms with Crippen molar-refractivity contribution in [1.29, 1.82) is 0 Å². The second kappa shape index (κ2) is 9.94. The molecule has 31 heavy (non-hydrogen) atoms. The lowest BCUT2D eigenvalue weighted by Crippen LogP contribution is -2.53. The van der Waals surface area contributed by atoms with Gasteiger partial charge in [-0.25, -0.2) is 17.2 Å². The van der Waals surface area contributed by atoms with E-state index in [1.165, 1.54) is 0 Å². The summed E-state index contributed by atoms with van der Waals surface area (Å²) >= 11 is 0. The highest BCUT2D eigenvalue weighted by Gasteiger charge is 2.36. The topological polar surface area (TPSA) is 105 Å². The van der Waals surface area contributed by atoms with Gasteiger partial charge in [0.15, 0.2) is 0 Å². The van der Waals surface area contributed by atoms with E-state index in [0.29, 0.717) is 12.5 Å². The molecule has 8 nitrogen and oxygen atoms in total. The van der Waals surface area contributed by atoms with Crippen LogP contribution in [0.1, 0.15) is 12.0 Å². The van der Waals surface area contributed by atoms with Gasteiger partial charge in [-0.2, -0.15) is 4.31 Å². The Morgan fingerprint density at radius 2 is 1.77 bits per heavy atom. The van der Waals surface area contributed by atoms with Crippen molar-refractivity contribution < 1.29 is 31.5 Å². The molecule has 0 unspecified atom stereocenters. The second-order valence-corrected chi connectivity index (χ2v) is 8.61. The van der Waals surface area contributed by atoms with Crippen LogP contribution in [0.15, 0.2) is 53.4 Å². The summed E-state index contributed by atoms with van der Waals surface area (Å²) in [6, 6.07) is 11.1. The van der Waals surface area contributed by atoms with Gasteiger partial charge in [-0.15, -0.1) is 0 Å². The maximum Gasteiger partial charge on any atom is 0.309 e. The molecule has 1 heterocycles. The van der Waals surface area contributed by atoms with Crippen molar-refractivity contribution in [2.75, 3.05) is 19.7 Å². The van der Waals surface area contributed by atoms with Crippen LogP contribution in [0.25, 0.3) is 0 Å². The van der Waals surface area contributed by atoms with E-state index >= 15 is 0 Å². The van der Waals surface area contributed by atoms with E-state index in [0.717, 1.165) is 22.0 Å². The van der Waals surface area contributed by atoms with Crippen molar-refractivity contribution in [3.8, 4) is 0 Å². The van der Waals surface area contributed by atoms with Gasteiger partial charge in [-0.05, 0) is 30.2 Å². The highest BCUT2D eigenvalue weighted by Crippen LogP contribution is 2.24. The Morgan fingerprint density at radius 3 is 2.52 bits per heavy atom. The predicted molar refractivity (Wildman–Crippen MR) is 106 cm³/mol. The molecule has 2 aromatic carbocycles. The number of nitrogens with zero attached hydrogens (tertiary/aromatic N) is 1. The molecule has 1 saturated heterocycles. The molecule has 1 aliphatic rings. The van der Waals surface area contributed by atoms with Crippen LogP contribution in [0.4, 0.5) is 8.78 Å². The normalized spacial score (nSPS) is 17.2. The third kappa shape index (κ3) is 5.63. The van der Waals surface area contributed by atoms with Crippen molar-refractivity contribution in [3.63, 3.8) is 0 Å². The van der Waals surface area contributed by atoms with Crippen LogP contribution in [-0.4, -0.2) is 50.5 Å². The maximum absolute atomic E-state index is 14.1. The largest absolute Gasteiger partial charge is 0.360 e. The number of rotatable bonds is 6. The third-order valence-corrected chi connectivity index (χ3v) is 6.48. The quantitative estimate of drug-likeness (QED) is 0.639. The lowest BCUT2D eigenvalue weighted by atomic mass is 10.2. The molecule has 2 N–H and O–H groups in total. The lowest BCUT2D eigenvalue weighted by Gasteiger charge is -2.34. The van der Waals surface area contributed by atoms with Crippen LogP contribution in [0.3, 0.4) is 0 Å². The molecule has 0 radical (unpaired) electrons. The third-order valence-electron chi connectivity index (χ3n) is 4.57. The first kappa shape index (κ1) is 22.8. The fourth-order valence-electron chi connectivity index (χ4n) is 3.02. The van der Waals surface area contributed by atoms with E-state index < -0.39 is 44.6 Å². The fraction of sp³-hybridized carbons (Fsp3) is 0.300. The van der Waals surface area contributed by atoms with Crippen LogP contribution in [-0.2, 0) is 30.9 Å². The number of sulfonamides is 1. The molecule has 0 aliphatic carbocycles. The molecule has 3 rings (SSSR count). The average Bonchev–Trinajstić information content (AvgIpc) is 2.78. The first-order valence-electron chi connectivity index (χ1n) is 9.47. The summed E-state index contributed by atoms with van der Waals surface area (Å²) in [5, 5.41) is 4.77. The van der Waals surface area contributed by atoms with Crippen LogP contribution >= 0.6 is 0 Å². The Kier molecular flexibility index (Phi) is 7.31. The summed E-state index contributed by atoms with van der Waals surface area (Å²) in [7, 11) is -4.44. The molecule has 1 fully saturated rings. The molecule has 0 aromatic heterocycles. The first-order chi connectivity index (χ1) is 14.8. The minimum Gasteiger partial charge on any atom is -0.360 e.